The first-order valence-electron chi connectivity index (χ1n) is 5.23. The highest BCUT2D eigenvalue weighted by Crippen LogP contribution is 2.00. The fraction of sp³-hybridized carbons (Fsp3) is 0.250. The Bertz CT molecular complexity index is 499. The number of hydrogen-bond donors (Lipinski definition) is 2. The van der Waals surface area contributed by atoms with Gasteiger partial charge in [-0.05, 0) is 5.56 Å². The molecule has 0 saturated heterocycles. The number of hydrogen-bond acceptors (Lipinski definition) is 2. The number of nitrogens with one attached hydrogen (secondary N) is 1. The molecule has 0 atom stereocenters. The van der Waals surface area contributed by atoms with Crippen molar-refractivity contribution < 1.29 is 5.11 Å². The number of aromatic amines is 1. The van der Waals surface area contributed by atoms with Crippen LogP contribution in [0, 0.1) is 0 Å². The summed E-state index contributed by atoms with van der Waals surface area (Å²) in [6.07, 6.45) is 2.05. The number of aromatic nitrogens is 2. The Hall–Kier alpha value is -1.81. The van der Waals surface area contributed by atoms with E-state index in [2.05, 4.69) is 5.10 Å². The number of H-pyrrole nitrogens is 1. The molecule has 16 heavy (non-hydrogen) atoms. The molecule has 1 heterocycles. The molecule has 0 fully saturated rings. The van der Waals surface area contributed by atoms with E-state index in [0.29, 0.717) is 18.5 Å². The average Bonchev–Trinajstić information content (AvgIpc) is 2.64. The molecule has 0 bridgehead atoms. The van der Waals surface area contributed by atoms with Crippen molar-refractivity contribution in [2.45, 2.75) is 13.0 Å². The largest absolute Gasteiger partial charge is 0.396 e. The number of nitrogens with zero attached hydrogens (tertiary/aromatic N) is 1. The smallest absolute Gasteiger partial charge is 0.270 e. The third kappa shape index (κ3) is 2.23. The van der Waals surface area contributed by atoms with E-state index in [1.54, 1.807) is 10.9 Å². The van der Waals surface area contributed by atoms with Gasteiger partial charge in [0.25, 0.3) is 5.56 Å². The molecule has 2 rings (SSSR count). The van der Waals surface area contributed by atoms with Gasteiger partial charge in [-0.25, -0.2) is 4.68 Å². The SMILES string of the molecule is O=c1c(CCO)c[nH]n1Cc1ccccc1. The van der Waals surface area contributed by atoms with E-state index in [1.165, 1.54) is 0 Å². The van der Waals surface area contributed by atoms with E-state index >= 15 is 0 Å². The topological polar surface area (TPSA) is 58.0 Å². The van der Waals surface area contributed by atoms with Crippen molar-refractivity contribution in [2.24, 2.45) is 0 Å². The summed E-state index contributed by atoms with van der Waals surface area (Å²) in [5.74, 6) is 0. The van der Waals surface area contributed by atoms with Crippen molar-refractivity contribution in [2.75, 3.05) is 6.61 Å². The molecular weight excluding hydrogens is 204 g/mol. The lowest BCUT2D eigenvalue weighted by Crippen LogP contribution is -2.20. The van der Waals surface area contributed by atoms with Crippen LogP contribution in [0.3, 0.4) is 0 Å². The summed E-state index contributed by atoms with van der Waals surface area (Å²) in [7, 11) is 0. The molecular formula is C12H14N2O2. The van der Waals surface area contributed by atoms with Crippen molar-refractivity contribution in [3.63, 3.8) is 0 Å². The summed E-state index contributed by atoms with van der Waals surface area (Å²) in [5, 5.41) is 11.7. The molecule has 2 aromatic rings. The van der Waals surface area contributed by atoms with E-state index in [0.717, 1.165) is 5.56 Å². The molecule has 0 spiro atoms. The molecule has 0 unspecified atom stereocenters. The van der Waals surface area contributed by atoms with Gasteiger partial charge in [0.2, 0.25) is 0 Å². The highest BCUT2D eigenvalue weighted by Gasteiger charge is 2.05. The second kappa shape index (κ2) is 4.81. The van der Waals surface area contributed by atoms with Crippen molar-refractivity contribution in [1.29, 1.82) is 0 Å². The molecule has 0 aliphatic heterocycles. The average molecular weight is 218 g/mol. The Labute approximate surface area is 93.1 Å². The van der Waals surface area contributed by atoms with Crippen LogP contribution in [-0.2, 0) is 13.0 Å². The predicted octanol–water partition coefficient (Wildman–Crippen LogP) is 0.759. The summed E-state index contributed by atoms with van der Waals surface area (Å²) in [4.78, 5) is 11.8. The monoisotopic (exact) mass is 218 g/mol. The van der Waals surface area contributed by atoms with Crippen LogP contribution in [0.4, 0.5) is 0 Å². The van der Waals surface area contributed by atoms with E-state index < -0.39 is 0 Å². The van der Waals surface area contributed by atoms with Gasteiger partial charge < -0.3 is 10.2 Å². The molecule has 2 N–H and O–H groups in total. The molecule has 0 radical (unpaired) electrons. The zero-order valence-corrected chi connectivity index (χ0v) is 8.89. The van der Waals surface area contributed by atoms with Crippen molar-refractivity contribution in [3.05, 3.63) is 58.0 Å². The third-order valence-corrected chi connectivity index (χ3v) is 2.48. The first-order chi connectivity index (χ1) is 7.81. The van der Waals surface area contributed by atoms with Gasteiger partial charge in [-0.1, -0.05) is 30.3 Å². The van der Waals surface area contributed by atoms with Gasteiger partial charge in [-0.3, -0.25) is 4.79 Å². The zero-order chi connectivity index (χ0) is 11.4. The van der Waals surface area contributed by atoms with Gasteiger partial charge in [0.15, 0.2) is 0 Å². The lowest BCUT2D eigenvalue weighted by atomic mass is 10.2. The second-order valence-electron chi connectivity index (χ2n) is 3.65. The van der Waals surface area contributed by atoms with Gasteiger partial charge in [-0.15, -0.1) is 0 Å². The maximum atomic E-state index is 11.8. The van der Waals surface area contributed by atoms with Crippen LogP contribution in [-0.4, -0.2) is 21.5 Å². The van der Waals surface area contributed by atoms with Gasteiger partial charge in [-0.2, -0.15) is 0 Å². The summed E-state index contributed by atoms with van der Waals surface area (Å²) >= 11 is 0. The Morgan fingerprint density at radius 1 is 1.25 bits per heavy atom. The maximum absolute atomic E-state index is 11.8. The summed E-state index contributed by atoms with van der Waals surface area (Å²) in [5.41, 5.74) is 1.64. The van der Waals surface area contributed by atoms with Crippen LogP contribution >= 0.6 is 0 Å². The van der Waals surface area contributed by atoms with Gasteiger partial charge >= 0.3 is 0 Å². The van der Waals surface area contributed by atoms with Crippen LogP contribution in [0.25, 0.3) is 0 Å². The number of aliphatic hydroxyl groups excluding tert-OH is 1. The molecule has 4 nitrogen and oxygen atoms in total. The van der Waals surface area contributed by atoms with Crippen molar-refractivity contribution >= 4 is 0 Å². The Morgan fingerprint density at radius 2 is 2.00 bits per heavy atom. The fourth-order valence-corrected chi connectivity index (χ4v) is 1.63. The van der Waals surface area contributed by atoms with Crippen LogP contribution in [0.15, 0.2) is 41.3 Å². The molecule has 1 aromatic heterocycles. The number of benzene rings is 1. The predicted molar refractivity (Wildman–Crippen MR) is 61.4 cm³/mol. The molecule has 0 amide bonds. The summed E-state index contributed by atoms with van der Waals surface area (Å²) in [6.45, 7) is 0.531. The van der Waals surface area contributed by atoms with Crippen LogP contribution in [0.5, 0.6) is 0 Å². The molecule has 84 valence electrons. The second-order valence-corrected chi connectivity index (χ2v) is 3.65. The number of aliphatic hydroxyl groups is 1. The van der Waals surface area contributed by atoms with Gasteiger partial charge in [0.1, 0.15) is 0 Å². The standard InChI is InChI=1S/C12H14N2O2/c15-7-6-11-8-13-14(12(11)16)9-10-4-2-1-3-5-10/h1-5,8,13,15H,6-7,9H2. The lowest BCUT2D eigenvalue weighted by Gasteiger charge is -2.00. The first-order valence-corrected chi connectivity index (χ1v) is 5.23. The van der Waals surface area contributed by atoms with Crippen molar-refractivity contribution in [1.82, 2.24) is 9.78 Å². The normalized spacial score (nSPS) is 10.6. The maximum Gasteiger partial charge on any atom is 0.270 e. The summed E-state index contributed by atoms with van der Waals surface area (Å²) in [6, 6.07) is 9.77. The van der Waals surface area contributed by atoms with Crippen LogP contribution < -0.4 is 5.56 Å². The minimum atomic E-state index is -0.0575. The van der Waals surface area contributed by atoms with E-state index in [-0.39, 0.29) is 12.2 Å². The van der Waals surface area contributed by atoms with E-state index in [1.807, 2.05) is 30.3 Å². The van der Waals surface area contributed by atoms with Gasteiger partial charge in [0, 0.05) is 24.8 Å². The minimum absolute atomic E-state index is 0.00156. The lowest BCUT2D eigenvalue weighted by molar-refractivity contribution is 0.299. The highest BCUT2D eigenvalue weighted by molar-refractivity contribution is 5.15. The quantitative estimate of drug-likeness (QED) is 0.796. The fourth-order valence-electron chi connectivity index (χ4n) is 1.63. The van der Waals surface area contributed by atoms with Crippen LogP contribution in [0.2, 0.25) is 0 Å². The van der Waals surface area contributed by atoms with E-state index in [9.17, 15) is 4.79 Å². The zero-order valence-electron chi connectivity index (χ0n) is 8.89. The molecule has 0 aliphatic carbocycles. The first kappa shape index (κ1) is 10.7. The molecule has 1 aromatic carbocycles. The van der Waals surface area contributed by atoms with Crippen molar-refractivity contribution in [3.8, 4) is 0 Å². The molecule has 0 saturated carbocycles. The highest BCUT2D eigenvalue weighted by atomic mass is 16.3. The Balaban J connectivity index is 2.20. The third-order valence-electron chi connectivity index (χ3n) is 2.48. The Morgan fingerprint density at radius 3 is 2.69 bits per heavy atom. The van der Waals surface area contributed by atoms with Gasteiger partial charge in [0.05, 0.1) is 6.54 Å². The van der Waals surface area contributed by atoms with E-state index in [4.69, 9.17) is 5.11 Å². The minimum Gasteiger partial charge on any atom is -0.396 e. The van der Waals surface area contributed by atoms with Crippen LogP contribution in [0.1, 0.15) is 11.1 Å². The number of rotatable bonds is 4. The Kier molecular flexibility index (Phi) is 3.22. The molecule has 0 aliphatic rings. The molecule has 4 heteroatoms. The summed E-state index contributed by atoms with van der Waals surface area (Å²) < 4.78 is 1.54.